The van der Waals surface area contributed by atoms with Gasteiger partial charge in [0.2, 0.25) is 0 Å². The quantitative estimate of drug-likeness (QED) is 0.709. The number of terminal acetylenes is 1. The van der Waals surface area contributed by atoms with Crippen molar-refractivity contribution in [3.63, 3.8) is 0 Å². The summed E-state index contributed by atoms with van der Waals surface area (Å²) in [6, 6.07) is 7.90. The van der Waals surface area contributed by atoms with Gasteiger partial charge in [-0.2, -0.15) is 0 Å². The Morgan fingerprint density at radius 3 is 2.50 bits per heavy atom. The molecule has 0 bridgehead atoms. The average molecular weight is 208 g/mol. The molecule has 2 aromatic heterocycles. The molecular weight excluding hydrogens is 196 g/mol. The van der Waals surface area contributed by atoms with Crippen LogP contribution in [0.4, 0.5) is 0 Å². The Balaban J connectivity index is 2.41. The van der Waals surface area contributed by atoms with E-state index in [2.05, 4.69) is 15.9 Å². The molecule has 0 aliphatic heterocycles. The maximum atomic E-state index is 5.29. The van der Waals surface area contributed by atoms with Gasteiger partial charge in [0.1, 0.15) is 0 Å². The highest BCUT2D eigenvalue weighted by Gasteiger charge is 2.01. The van der Waals surface area contributed by atoms with Gasteiger partial charge in [0.05, 0.1) is 11.4 Å². The molecule has 2 heteroatoms. The van der Waals surface area contributed by atoms with Crippen LogP contribution in [0, 0.1) is 19.3 Å². The van der Waals surface area contributed by atoms with Gasteiger partial charge in [-0.3, -0.25) is 9.97 Å². The molecule has 0 aromatic carbocycles. The van der Waals surface area contributed by atoms with E-state index in [1.54, 1.807) is 12.4 Å². The predicted molar refractivity (Wildman–Crippen MR) is 64.7 cm³/mol. The van der Waals surface area contributed by atoms with Crippen molar-refractivity contribution in [1.82, 2.24) is 9.97 Å². The minimum Gasteiger partial charge on any atom is -0.255 e. The van der Waals surface area contributed by atoms with Gasteiger partial charge in [-0.1, -0.05) is 0 Å². The first kappa shape index (κ1) is 10.4. The fourth-order valence-electron chi connectivity index (χ4n) is 1.52. The Morgan fingerprint density at radius 2 is 1.81 bits per heavy atom. The highest BCUT2D eigenvalue weighted by molar-refractivity contribution is 5.55. The summed E-state index contributed by atoms with van der Waals surface area (Å²) >= 11 is 0. The molecule has 78 valence electrons. The van der Waals surface area contributed by atoms with Crippen LogP contribution in [0.1, 0.15) is 11.1 Å². The Kier molecular flexibility index (Phi) is 2.98. The van der Waals surface area contributed by atoms with Crippen LogP contribution in [0.15, 0.2) is 36.7 Å². The van der Waals surface area contributed by atoms with Crippen molar-refractivity contribution in [2.75, 3.05) is 0 Å². The van der Waals surface area contributed by atoms with E-state index in [0.717, 1.165) is 17.0 Å². The Labute approximate surface area is 95.4 Å². The van der Waals surface area contributed by atoms with E-state index in [4.69, 9.17) is 6.42 Å². The molecule has 0 N–H and O–H groups in total. The monoisotopic (exact) mass is 208 g/mol. The second kappa shape index (κ2) is 4.59. The first-order chi connectivity index (χ1) is 7.79. The van der Waals surface area contributed by atoms with E-state index >= 15 is 0 Å². The molecule has 0 aliphatic rings. The smallest absolute Gasteiger partial charge is 0.0889 e. The van der Waals surface area contributed by atoms with Crippen LogP contribution in [-0.2, 0) is 6.42 Å². The molecule has 0 spiro atoms. The first-order valence-electron chi connectivity index (χ1n) is 5.11. The molecule has 0 radical (unpaired) electrons. The lowest BCUT2D eigenvalue weighted by Crippen LogP contribution is -1.90. The van der Waals surface area contributed by atoms with Crippen LogP contribution in [0.2, 0.25) is 0 Å². The fraction of sp³-hybridized carbons (Fsp3) is 0.143. The second-order valence-electron chi connectivity index (χ2n) is 3.65. The lowest BCUT2D eigenvalue weighted by Gasteiger charge is -2.02. The van der Waals surface area contributed by atoms with Crippen LogP contribution < -0.4 is 0 Å². The zero-order chi connectivity index (χ0) is 11.4. The number of aromatic nitrogens is 2. The topological polar surface area (TPSA) is 25.8 Å². The van der Waals surface area contributed by atoms with Crippen LogP contribution in [0.3, 0.4) is 0 Å². The normalized spacial score (nSPS) is 9.75. The standard InChI is InChI=1S/C14H12N2/c1-3-4-12-6-8-16-14(10-12)13-9-11(2)5-7-15-13/h1,5-10H,4H2,2H3. The summed E-state index contributed by atoms with van der Waals surface area (Å²) < 4.78 is 0. The molecule has 0 atom stereocenters. The number of hydrogen-bond donors (Lipinski definition) is 0. The lowest BCUT2D eigenvalue weighted by molar-refractivity contribution is 1.19. The van der Waals surface area contributed by atoms with Crippen molar-refractivity contribution in [1.29, 1.82) is 0 Å². The average Bonchev–Trinajstić information content (AvgIpc) is 2.30. The summed E-state index contributed by atoms with van der Waals surface area (Å²) in [7, 11) is 0. The van der Waals surface area contributed by atoms with Crippen molar-refractivity contribution in [3.05, 3.63) is 47.8 Å². The van der Waals surface area contributed by atoms with E-state index in [1.807, 2.05) is 31.2 Å². The molecule has 0 aliphatic carbocycles. The zero-order valence-corrected chi connectivity index (χ0v) is 9.14. The minimum absolute atomic E-state index is 0.626. The van der Waals surface area contributed by atoms with Crippen molar-refractivity contribution in [2.45, 2.75) is 13.3 Å². The highest BCUT2D eigenvalue weighted by atomic mass is 14.8. The van der Waals surface area contributed by atoms with E-state index in [9.17, 15) is 0 Å². The van der Waals surface area contributed by atoms with E-state index in [0.29, 0.717) is 6.42 Å². The molecule has 0 saturated carbocycles. The molecule has 2 rings (SSSR count). The largest absolute Gasteiger partial charge is 0.255 e. The third-order valence-electron chi connectivity index (χ3n) is 2.31. The number of hydrogen-bond acceptors (Lipinski definition) is 2. The predicted octanol–water partition coefficient (Wildman–Crippen LogP) is 2.63. The third-order valence-corrected chi connectivity index (χ3v) is 2.31. The van der Waals surface area contributed by atoms with Gasteiger partial charge in [0.15, 0.2) is 0 Å². The van der Waals surface area contributed by atoms with Gasteiger partial charge < -0.3 is 0 Å². The molecule has 0 saturated heterocycles. The molecule has 0 unspecified atom stereocenters. The van der Waals surface area contributed by atoms with Gasteiger partial charge >= 0.3 is 0 Å². The SMILES string of the molecule is C#CCc1ccnc(-c2cc(C)ccn2)c1. The van der Waals surface area contributed by atoms with E-state index in [-0.39, 0.29) is 0 Å². The van der Waals surface area contributed by atoms with E-state index < -0.39 is 0 Å². The van der Waals surface area contributed by atoms with Crippen molar-refractivity contribution in [2.24, 2.45) is 0 Å². The van der Waals surface area contributed by atoms with Crippen molar-refractivity contribution in [3.8, 4) is 23.7 Å². The molecule has 16 heavy (non-hydrogen) atoms. The Hall–Kier alpha value is -2.14. The second-order valence-corrected chi connectivity index (χ2v) is 3.65. The van der Waals surface area contributed by atoms with Crippen LogP contribution in [-0.4, -0.2) is 9.97 Å². The number of aryl methyl sites for hydroxylation is 1. The molecular formula is C14H12N2. The van der Waals surface area contributed by atoms with Gasteiger partial charge in [0.25, 0.3) is 0 Å². The highest BCUT2D eigenvalue weighted by Crippen LogP contribution is 2.16. The van der Waals surface area contributed by atoms with Crippen LogP contribution in [0.25, 0.3) is 11.4 Å². The molecule has 0 amide bonds. The van der Waals surface area contributed by atoms with Gasteiger partial charge in [-0.05, 0) is 42.3 Å². The first-order valence-corrected chi connectivity index (χ1v) is 5.11. The summed E-state index contributed by atoms with van der Waals surface area (Å²) in [6.45, 7) is 2.04. The summed E-state index contributed by atoms with van der Waals surface area (Å²) in [4.78, 5) is 8.60. The zero-order valence-electron chi connectivity index (χ0n) is 9.14. The maximum absolute atomic E-state index is 5.29. The van der Waals surface area contributed by atoms with E-state index in [1.165, 1.54) is 5.56 Å². The molecule has 0 fully saturated rings. The number of rotatable bonds is 2. The molecule has 2 nitrogen and oxygen atoms in total. The third kappa shape index (κ3) is 2.26. The van der Waals surface area contributed by atoms with Gasteiger partial charge in [-0.25, -0.2) is 0 Å². The molecule has 2 aromatic rings. The van der Waals surface area contributed by atoms with Crippen LogP contribution >= 0.6 is 0 Å². The number of pyridine rings is 2. The van der Waals surface area contributed by atoms with Crippen molar-refractivity contribution < 1.29 is 0 Å². The summed E-state index contributed by atoms with van der Waals surface area (Å²) in [5, 5.41) is 0. The Morgan fingerprint density at radius 1 is 1.12 bits per heavy atom. The Bertz CT molecular complexity index is 538. The number of nitrogens with zero attached hydrogens (tertiary/aromatic N) is 2. The lowest BCUT2D eigenvalue weighted by atomic mass is 10.1. The summed E-state index contributed by atoms with van der Waals surface area (Å²) in [5.74, 6) is 2.63. The van der Waals surface area contributed by atoms with Crippen LogP contribution in [0.5, 0.6) is 0 Å². The fourth-order valence-corrected chi connectivity index (χ4v) is 1.52. The van der Waals surface area contributed by atoms with Gasteiger partial charge in [0, 0.05) is 18.8 Å². The summed E-state index contributed by atoms with van der Waals surface area (Å²) in [6.07, 6.45) is 9.48. The summed E-state index contributed by atoms with van der Waals surface area (Å²) in [5.41, 5.74) is 4.03. The van der Waals surface area contributed by atoms with Crippen molar-refractivity contribution >= 4 is 0 Å². The van der Waals surface area contributed by atoms with Gasteiger partial charge in [-0.15, -0.1) is 12.3 Å². The molecule has 2 heterocycles. The minimum atomic E-state index is 0.626. The maximum Gasteiger partial charge on any atom is 0.0889 e.